The summed E-state index contributed by atoms with van der Waals surface area (Å²) >= 11 is 0. The smallest absolute Gasteiger partial charge is 0.269 e. The first-order chi connectivity index (χ1) is 17.8. The Morgan fingerprint density at radius 2 is 1.89 bits per heavy atom. The molecule has 9 nitrogen and oxygen atoms in total. The molecule has 1 aromatic carbocycles. The van der Waals surface area contributed by atoms with Gasteiger partial charge in [-0.15, -0.1) is 0 Å². The summed E-state index contributed by atoms with van der Waals surface area (Å²) in [6.07, 6.45) is 3.93. The van der Waals surface area contributed by atoms with Crippen LogP contribution in [0.25, 0.3) is 11.1 Å². The molecule has 2 amide bonds. The van der Waals surface area contributed by atoms with Crippen LogP contribution >= 0.6 is 0 Å². The second kappa shape index (κ2) is 11.2. The van der Waals surface area contributed by atoms with Crippen molar-refractivity contribution in [3.05, 3.63) is 71.7 Å². The van der Waals surface area contributed by atoms with Gasteiger partial charge in [-0.25, -0.2) is 4.98 Å². The van der Waals surface area contributed by atoms with Crippen LogP contribution in [0, 0.1) is 11.3 Å². The lowest BCUT2D eigenvalue weighted by molar-refractivity contribution is -0.117. The molecule has 2 N–H and O–H groups in total. The lowest BCUT2D eigenvalue weighted by atomic mass is 9.89. The number of fused-ring (bicyclic) bond motifs is 1. The zero-order valence-electron chi connectivity index (χ0n) is 21.5. The van der Waals surface area contributed by atoms with E-state index in [4.69, 9.17) is 5.26 Å². The fraction of sp³-hybridized carbons (Fsp3) is 0.321. The molecule has 4 rings (SSSR count). The third-order valence-corrected chi connectivity index (χ3v) is 6.41. The van der Waals surface area contributed by atoms with Crippen molar-refractivity contribution in [2.75, 3.05) is 37.4 Å². The van der Waals surface area contributed by atoms with Crippen molar-refractivity contribution < 1.29 is 9.59 Å². The second-order valence-corrected chi connectivity index (χ2v) is 9.48. The lowest BCUT2D eigenvalue weighted by Gasteiger charge is -2.39. The molecule has 3 aromatic rings. The van der Waals surface area contributed by atoms with Gasteiger partial charge in [-0.05, 0) is 68.9 Å². The number of nitrogens with one attached hydrogen (secondary N) is 2. The minimum atomic E-state index is -0.205. The van der Waals surface area contributed by atoms with Crippen LogP contribution in [0.3, 0.4) is 0 Å². The highest BCUT2D eigenvalue weighted by molar-refractivity contribution is 5.94. The molecule has 0 unspecified atom stereocenters. The number of hydrogen-bond donors (Lipinski definition) is 2. The number of anilines is 2. The predicted molar refractivity (Wildman–Crippen MR) is 143 cm³/mol. The van der Waals surface area contributed by atoms with E-state index < -0.39 is 0 Å². The normalized spacial score (nSPS) is 16.6. The Hall–Kier alpha value is -4.29. The Morgan fingerprint density at radius 1 is 1.11 bits per heavy atom. The van der Waals surface area contributed by atoms with Gasteiger partial charge >= 0.3 is 0 Å². The number of carbonyl (C=O) groups is 2. The number of pyridine rings is 2. The third-order valence-electron chi connectivity index (χ3n) is 6.41. The van der Waals surface area contributed by atoms with Gasteiger partial charge in [0.2, 0.25) is 5.91 Å². The number of carbonyl (C=O) groups excluding carboxylic acids is 2. The molecule has 37 heavy (non-hydrogen) atoms. The molecule has 1 aliphatic heterocycles. The average molecular weight is 498 g/mol. The minimum absolute atomic E-state index is 0.00121. The van der Waals surface area contributed by atoms with Crippen molar-refractivity contribution >= 4 is 23.3 Å². The number of rotatable bonds is 7. The van der Waals surface area contributed by atoms with Crippen molar-refractivity contribution in [3.8, 4) is 17.2 Å². The fourth-order valence-corrected chi connectivity index (χ4v) is 4.57. The summed E-state index contributed by atoms with van der Waals surface area (Å²) < 4.78 is 0. The van der Waals surface area contributed by atoms with E-state index in [2.05, 4.69) is 32.7 Å². The predicted octanol–water partition coefficient (Wildman–Crippen LogP) is 3.60. The van der Waals surface area contributed by atoms with E-state index >= 15 is 0 Å². The highest BCUT2D eigenvalue weighted by Gasteiger charge is 2.32. The summed E-state index contributed by atoms with van der Waals surface area (Å²) in [5.74, 6) is 0.446. The van der Waals surface area contributed by atoms with Crippen LogP contribution in [-0.2, 0) is 4.79 Å². The van der Waals surface area contributed by atoms with Gasteiger partial charge in [0, 0.05) is 49.7 Å². The number of benzene rings is 1. The molecule has 0 saturated carbocycles. The van der Waals surface area contributed by atoms with Crippen LogP contribution < -0.4 is 15.5 Å². The van der Waals surface area contributed by atoms with Gasteiger partial charge in [-0.3, -0.25) is 14.6 Å². The average Bonchev–Trinajstić information content (AvgIpc) is 2.88. The van der Waals surface area contributed by atoms with Crippen LogP contribution in [0.2, 0.25) is 0 Å². The molecular weight excluding hydrogens is 466 g/mol. The molecule has 0 fully saturated rings. The van der Waals surface area contributed by atoms with E-state index in [1.54, 1.807) is 31.3 Å². The van der Waals surface area contributed by atoms with Crippen LogP contribution in [0.5, 0.6) is 0 Å². The highest BCUT2D eigenvalue weighted by Crippen LogP contribution is 2.41. The zero-order valence-corrected chi connectivity index (χ0v) is 21.5. The minimum Gasteiger partial charge on any atom is -0.363 e. The maximum absolute atomic E-state index is 12.5. The van der Waals surface area contributed by atoms with Gasteiger partial charge in [0.1, 0.15) is 17.6 Å². The van der Waals surface area contributed by atoms with E-state index in [1.165, 1.54) is 6.20 Å². The second-order valence-electron chi connectivity index (χ2n) is 9.48. The molecule has 2 aromatic heterocycles. The van der Waals surface area contributed by atoms with Crippen molar-refractivity contribution in [2.45, 2.75) is 32.4 Å². The Balaban J connectivity index is 1.61. The molecule has 190 valence electrons. The standard InChI is InChI=1S/C28H31N7O2/c1-18-13-25(33-27-10-5-20(15-29)16-32-27)23-14-21(7-9-26(23)35(18)19(2)36)22-6-8-24(31-17-22)28(37)30-11-12-34(3)4/h5-10,14,16-18,25H,11-13H2,1-4H3,(H,30,37)(H,32,33)/t18-,25+/m0/s1. The molecule has 9 heteroatoms. The number of hydrogen-bond acceptors (Lipinski definition) is 7. The van der Waals surface area contributed by atoms with E-state index in [9.17, 15) is 9.59 Å². The lowest BCUT2D eigenvalue weighted by Crippen LogP contribution is -2.43. The number of nitriles is 1. The summed E-state index contributed by atoms with van der Waals surface area (Å²) in [6.45, 7) is 4.91. The Kier molecular flexibility index (Phi) is 7.80. The Morgan fingerprint density at radius 3 is 2.51 bits per heavy atom. The van der Waals surface area contributed by atoms with Crippen molar-refractivity contribution in [3.63, 3.8) is 0 Å². The number of likely N-dealkylation sites (N-methyl/N-ethyl adjacent to an activating group) is 1. The summed E-state index contributed by atoms with van der Waals surface area (Å²) in [7, 11) is 3.91. The van der Waals surface area contributed by atoms with Gasteiger partial charge in [-0.2, -0.15) is 5.26 Å². The quantitative estimate of drug-likeness (QED) is 0.513. The molecule has 1 aliphatic rings. The van der Waals surface area contributed by atoms with Gasteiger partial charge in [0.25, 0.3) is 5.91 Å². The van der Waals surface area contributed by atoms with Crippen molar-refractivity contribution in [1.82, 2.24) is 20.2 Å². The van der Waals surface area contributed by atoms with Crippen LogP contribution in [-0.4, -0.2) is 59.9 Å². The van der Waals surface area contributed by atoms with Crippen molar-refractivity contribution in [1.29, 1.82) is 5.26 Å². The Labute approximate surface area is 217 Å². The molecule has 0 radical (unpaired) electrons. The van der Waals surface area contributed by atoms with Crippen LogP contribution in [0.4, 0.5) is 11.5 Å². The third kappa shape index (κ3) is 5.93. The van der Waals surface area contributed by atoms with Crippen LogP contribution in [0.1, 0.15) is 47.9 Å². The molecule has 2 atom stereocenters. The SMILES string of the molecule is CC(=O)N1c2ccc(-c3ccc(C(=O)NCCN(C)C)nc3)cc2[C@H](Nc2ccc(C#N)cn2)C[C@@H]1C. The first-order valence-electron chi connectivity index (χ1n) is 12.2. The summed E-state index contributed by atoms with van der Waals surface area (Å²) in [5.41, 5.74) is 4.49. The van der Waals surface area contributed by atoms with E-state index in [0.717, 1.165) is 28.9 Å². The molecule has 0 bridgehead atoms. The topological polar surface area (TPSA) is 114 Å². The first kappa shape index (κ1) is 25.8. The van der Waals surface area contributed by atoms with Crippen molar-refractivity contribution in [2.24, 2.45) is 0 Å². The van der Waals surface area contributed by atoms with E-state index in [1.807, 2.05) is 49.0 Å². The monoisotopic (exact) mass is 497 g/mol. The van der Waals surface area contributed by atoms with E-state index in [-0.39, 0.29) is 23.9 Å². The molecule has 0 saturated heterocycles. The summed E-state index contributed by atoms with van der Waals surface area (Å²) in [4.78, 5) is 37.5. The van der Waals surface area contributed by atoms with Gasteiger partial charge in [-0.1, -0.05) is 12.1 Å². The molecule has 3 heterocycles. The number of amides is 2. The molecular formula is C28H31N7O2. The Bertz CT molecular complexity index is 1310. The highest BCUT2D eigenvalue weighted by atomic mass is 16.2. The van der Waals surface area contributed by atoms with Gasteiger partial charge in [0.05, 0.1) is 11.6 Å². The summed E-state index contributed by atoms with van der Waals surface area (Å²) in [5, 5.41) is 15.4. The first-order valence-corrected chi connectivity index (χ1v) is 12.2. The van der Waals surface area contributed by atoms with Gasteiger partial charge < -0.3 is 20.4 Å². The van der Waals surface area contributed by atoms with Crippen LogP contribution in [0.15, 0.2) is 54.9 Å². The zero-order chi connectivity index (χ0) is 26.5. The molecule has 0 aliphatic carbocycles. The van der Waals surface area contributed by atoms with Gasteiger partial charge in [0.15, 0.2) is 0 Å². The maximum atomic E-state index is 12.5. The van der Waals surface area contributed by atoms with E-state index in [0.29, 0.717) is 30.0 Å². The number of aromatic nitrogens is 2. The molecule has 0 spiro atoms. The maximum Gasteiger partial charge on any atom is 0.269 e. The fourth-order valence-electron chi connectivity index (χ4n) is 4.57. The summed E-state index contributed by atoms with van der Waals surface area (Å²) in [6, 6.07) is 15.1. The largest absolute Gasteiger partial charge is 0.363 e. The number of nitrogens with zero attached hydrogens (tertiary/aromatic N) is 5.